The first-order valence-corrected chi connectivity index (χ1v) is 8.58. The second kappa shape index (κ2) is 8.81. The van der Waals surface area contributed by atoms with Gasteiger partial charge in [0.25, 0.3) is 5.91 Å². The van der Waals surface area contributed by atoms with E-state index in [0.29, 0.717) is 13.0 Å². The largest absolute Gasteiger partial charge is 0.388 e. The van der Waals surface area contributed by atoms with Gasteiger partial charge in [0.1, 0.15) is 6.10 Å². The van der Waals surface area contributed by atoms with Crippen LogP contribution in [0, 0.1) is 0 Å². The summed E-state index contributed by atoms with van der Waals surface area (Å²) >= 11 is 0. The molecular weight excluding hydrogens is 328 g/mol. The fourth-order valence-corrected chi connectivity index (χ4v) is 3.69. The van der Waals surface area contributed by atoms with E-state index in [1.165, 1.54) is 0 Å². The number of benzene rings is 1. The van der Waals surface area contributed by atoms with E-state index < -0.39 is 6.10 Å². The predicted molar refractivity (Wildman–Crippen MR) is 95.0 cm³/mol. The lowest BCUT2D eigenvalue weighted by Crippen LogP contribution is -2.43. The molecule has 134 valence electrons. The molecule has 3 rings (SSSR count). The topological polar surface area (TPSA) is 75.8 Å². The van der Waals surface area contributed by atoms with Crippen LogP contribution < -0.4 is 5.73 Å². The number of carbonyl (C=O) groups excluding carboxylic acids is 1. The molecule has 1 aromatic carbocycles. The van der Waals surface area contributed by atoms with Crippen LogP contribution in [0.25, 0.3) is 0 Å². The molecule has 3 N–H and O–H groups in total. The van der Waals surface area contributed by atoms with E-state index in [2.05, 4.69) is 0 Å². The molecule has 0 radical (unpaired) electrons. The Hall–Kier alpha value is -1.14. The Morgan fingerprint density at radius 2 is 2.04 bits per heavy atom. The average Bonchev–Trinajstić information content (AvgIpc) is 3.24. The molecule has 0 bridgehead atoms. The van der Waals surface area contributed by atoms with Crippen molar-refractivity contribution >= 4 is 18.3 Å². The number of likely N-dealkylation sites (tertiary alicyclic amines) is 1. The van der Waals surface area contributed by atoms with Crippen molar-refractivity contribution in [2.45, 2.75) is 56.5 Å². The number of nitrogens with zero attached hydrogens (tertiary/aromatic N) is 1. The van der Waals surface area contributed by atoms with Gasteiger partial charge in [-0.1, -0.05) is 30.3 Å². The summed E-state index contributed by atoms with van der Waals surface area (Å²) in [5, 5.41) is 10.4. The van der Waals surface area contributed by atoms with E-state index >= 15 is 0 Å². The van der Waals surface area contributed by atoms with Gasteiger partial charge < -0.3 is 20.5 Å². The monoisotopic (exact) mass is 354 g/mol. The fraction of sp³-hybridized carbons (Fsp3) is 0.611. The summed E-state index contributed by atoms with van der Waals surface area (Å²) < 4.78 is 5.74. The minimum absolute atomic E-state index is 0. The van der Waals surface area contributed by atoms with Crippen LogP contribution in [-0.2, 0) is 9.53 Å². The maximum atomic E-state index is 12.7. The Morgan fingerprint density at radius 1 is 1.29 bits per heavy atom. The molecule has 2 fully saturated rings. The SMILES string of the molecule is Cl.NC[C@H]1CC[C@@H](C(=O)N2CCCC2CC(O)c2ccccc2)O1. The van der Waals surface area contributed by atoms with Gasteiger partial charge in [-0.2, -0.15) is 0 Å². The first-order valence-electron chi connectivity index (χ1n) is 8.58. The smallest absolute Gasteiger partial charge is 0.251 e. The highest BCUT2D eigenvalue weighted by molar-refractivity contribution is 5.85. The summed E-state index contributed by atoms with van der Waals surface area (Å²) in [5.74, 6) is 0.0729. The van der Waals surface area contributed by atoms with Crippen LogP contribution in [0.15, 0.2) is 30.3 Å². The highest BCUT2D eigenvalue weighted by Gasteiger charge is 2.38. The lowest BCUT2D eigenvalue weighted by atomic mass is 10.00. The molecule has 0 saturated carbocycles. The van der Waals surface area contributed by atoms with E-state index in [1.807, 2.05) is 35.2 Å². The predicted octanol–water partition coefficient (Wildman–Crippen LogP) is 2.03. The van der Waals surface area contributed by atoms with E-state index in [0.717, 1.165) is 37.8 Å². The minimum Gasteiger partial charge on any atom is -0.388 e. The molecule has 4 atom stereocenters. The van der Waals surface area contributed by atoms with Gasteiger partial charge in [0, 0.05) is 19.1 Å². The van der Waals surface area contributed by atoms with Crippen molar-refractivity contribution in [2.24, 2.45) is 5.73 Å². The third-order valence-electron chi connectivity index (χ3n) is 4.99. The third-order valence-corrected chi connectivity index (χ3v) is 4.99. The maximum absolute atomic E-state index is 12.7. The van der Waals surface area contributed by atoms with Crippen molar-refractivity contribution in [1.29, 1.82) is 0 Å². The Morgan fingerprint density at radius 3 is 2.71 bits per heavy atom. The molecule has 6 heteroatoms. The molecule has 5 nitrogen and oxygen atoms in total. The molecule has 0 aromatic heterocycles. The summed E-state index contributed by atoms with van der Waals surface area (Å²) in [6.45, 7) is 1.23. The number of amides is 1. The van der Waals surface area contributed by atoms with Gasteiger partial charge in [-0.15, -0.1) is 12.4 Å². The molecule has 2 heterocycles. The first-order chi connectivity index (χ1) is 11.2. The molecule has 2 aliphatic heterocycles. The Balaban J connectivity index is 0.00000208. The molecule has 2 saturated heterocycles. The Bertz CT molecular complexity index is 528. The molecule has 1 aromatic rings. The summed E-state index contributed by atoms with van der Waals surface area (Å²) in [6.07, 6.45) is 3.27. The van der Waals surface area contributed by atoms with Crippen LogP contribution in [-0.4, -0.2) is 47.3 Å². The summed E-state index contributed by atoms with van der Waals surface area (Å²) in [6, 6.07) is 9.74. The van der Waals surface area contributed by atoms with Crippen molar-refractivity contribution < 1.29 is 14.6 Å². The van der Waals surface area contributed by atoms with Crippen LogP contribution in [0.1, 0.15) is 43.8 Å². The Labute approximate surface area is 149 Å². The number of hydrogen-bond donors (Lipinski definition) is 2. The molecule has 0 aliphatic carbocycles. The summed E-state index contributed by atoms with van der Waals surface area (Å²) in [7, 11) is 0. The Kier molecular flexibility index (Phi) is 7.04. The average molecular weight is 355 g/mol. The van der Waals surface area contributed by atoms with Gasteiger partial charge in [-0.3, -0.25) is 4.79 Å². The molecular formula is C18H27ClN2O3. The highest BCUT2D eigenvalue weighted by atomic mass is 35.5. The second-order valence-electron chi connectivity index (χ2n) is 6.55. The van der Waals surface area contributed by atoms with E-state index in [9.17, 15) is 9.90 Å². The molecule has 24 heavy (non-hydrogen) atoms. The van der Waals surface area contributed by atoms with E-state index in [1.54, 1.807) is 0 Å². The van der Waals surface area contributed by atoms with E-state index in [4.69, 9.17) is 10.5 Å². The number of halogens is 1. The van der Waals surface area contributed by atoms with Gasteiger partial charge in [-0.25, -0.2) is 0 Å². The van der Waals surface area contributed by atoms with Gasteiger partial charge in [0.05, 0.1) is 12.2 Å². The van der Waals surface area contributed by atoms with Crippen molar-refractivity contribution in [1.82, 2.24) is 4.90 Å². The van der Waals surface area contributed by atoms with Crippen molar-refractivity contribution in [3.8, 4) is 0 Å². The number of carbonyl (C=O) groups is 1. The fourth-order valence-electron chi connectivity index (χ4n) is 3.69. The van der Waals surface area contributed by atoms with Crippen LogP contribution >= 0.6 is 12.4 Å². The van der Waals surface area contributed by atoms with Crippen LogP contribution in [0.2, 0.25) is 0 Å². The van der Waals surface area contributed by atoms with Crippen molar-refractivity contribution in [2.75, 3.05) is 13.1 Å². The molecule has 0 spiro atoms. The number of hydrogen-bond acceptors (Lipinski definition) is 4. The lowest BCUT2D eigenvalue weighted by molar-refractivity contribution is -0.144. The normalized spacial score (nSPS) is 27.8. The molecule has 2 aliphatic rings. The van der Waals surface area contributed by atoms with Gasteiger partial charge in [0.2, 0.25) is 0 Å². The lowest BCUT2D eigenvalue weighted by Gasteiger charge is -2.29. The van der Waals surface area contributed by atoms with Crippen LogP contribution in [0.5, 0.6) is 0 Å². The van der Waals surface area contributed by atoms with E-state index in [-0.39, 0.29) is 36.6 Å². The maximum Gasteiger partial charge on any atom is 0.251 e. The number of ether oxygens (including phenoxy) is 1. The number of aliphatic hydroxyl groups excluding tert-OH is 1. The minimum atomic E-state index is -0.532. The number of rotatable bonds is 5. The van der Waals surface area contributed by atoms with Crippen molar-refractivity contribution in [3.63, 3.8) is 0 Å². The van der Waals surface area contributed by atoms with Crippen LogP contribution in [0.3, 0.4) is 0 Å². The molecule has 2 unspecified atom stereocenters. The summed E-state index contributed by atoms with van der Waals surface area (Å²) in [5.41, 5.74) is 6.53. The number of nitrogens with two attached hydrogens (primary N) is 1. The standard InChI is InChI=1S/C18H26N2O3.ClH/c19-12-15-8-9-17(23-15)18(22)20-10-4-7-14(20)11-16(21)13-5-2-1-3-6-13;/h1-3,5-6,14-17,21H,4,7-12,19H2;1H/t14?,15-,16?,17+;/m1./s1. The molecule has 1 amide bonds. The van der Waals surface area contributed by atoms with Gasteiger partial charge in [0.15, 0.2) is 0 Å². The second-order valence-corrected chi connectivity index (χ2v) is 6.55. The zero-order chi connectivity index (χ0) is 16.2. The van der Waals surface area contributed by atoms with Crippen molar-refractivity contribution in [3.05, 3.63) is 35.9 Å². The van der Waals surface area contributed by atoms with Gasteiger partial charge in [-0.05, 0) is 37.7 Å². The zero-order valence-corrected chi connectivity index (χ0v) is 14.7. The third kappa shape index (κ3) is 4.28. The first kappa shape index (κ1) is 19.2. The highest BCUT2D eigenvalue weighted by Crippen LogP contribution is 2.30. The summed E-state index contributed by atoms with van der Waals surface area (Å²) in [4.78, 5) is 14.6. The van der Waals surface area contributed by atoms with Crippen LogP contribution in [0.4, 0.5) is 0 Å². The quantitative estimate of drug-likeness (QED) is 0.848. The van der Waals surface area contributed by atoms with Gasteiger partial charge >= 0.3 is 0 Å². The zero-order valence-electron chi connectivity index (χ0n) is 13.8. The number of aliphatic hydroxyl groups is 1.